The molecule has 1 aromatic rings. The Balaban J connectivity index is 2.08. The molecule has 60 heavy (non-hydrogen) atoms. The third kappa shape index (κ3) is 17.4. The van der Waals surface area contributed by atoms with E-state index in [2.05, 4.69) is 36.6 Å². The zero-order valence-electron chi connectivity index (χ0n) is 35.6. The molecule has 0 spiro atoms. The highest BCUT2D eigenvalue weighted by Crippen LogP contribution is 2.20. The van der Waals surface area contributed by atoms with Crippen molar-refractivity contribution < 1.29 is 39.0 Å². The molecule has 15 N–H and O–H groups in total. The Morgan fingerprint density at radius 3 is 2.03 bits per heavy atom. The van der Waals surface area contributed by atoms with Crippen molar-refractivity contribution >= 4 is 47.4 Å². The fourth-order valence-corrected chi connectivity index (χ4v) is 6.54. The second-order valence-electron chi connectivity index (χ2n) is 15.6. The molecule has 5 amide bonds. The maximum Gasteiger partial charge on any atom is 0.326 e. The second-order valence-corrected chi connectivity index (χ2v) is 15.6. The van der Waals surface area contributed by atoms with Crippen LogP contribution in [0.25, 0.3) is 0 Å². The number of carbonyl (C=O) groups is 6. The summed E-state index contributed by atoms with van der Waals surface area (Å²) in [4.78, 5) is 88.9. The number of benzene rings is 1. The number of hydrogen-bond donors (Lipinski definition) is 11. The third-order valence-electron chi connectivity index (χ3n) is 10.1. The van der Waals surface area contributed by atoms with Crippen LogP contribution in [0.1, 0.15) is 91.5 Å². The molecule has 2 rings (SSSR count). The number of aromatic hydroxyl groups is 1. The Morgan fingerprint density at radius 1 is 0.833 bits per heavy atom. The molecule has 0 bridgehead atoms. The Kier molecular flexibility index (Phi) is 21.8. The number of carbonyl (C=O) groups excluding carboxylic acids is 5. The molecule has 336 valence electrons. The van der Waals surface area contributed by atoms with Crippen molar-refractivity contribution in [1.29, 1.82) is 0 Å². The van der Waals surface area contributed by atoms with E-state index in [1.165, 1.54) is 17.0 Å². The maximum atomic E-state index is 14.0. The maximum absolute atomic E-state index is 14.0. The number of nitrogens with two attached hydrogens (primary N) is 4. The first-order valence-electron chi connectivity index (χ1n) is 20.8. The van der Waals surface area contributed by atoms with Gasteiger partial charge in [-0.05, 0) is 81.4 Å². The molecule has 1 aliphatic rings. The van der Waals surface area contributed by atoms with Gasteiger partial charge in [0.15, 0.2) is 11.9 Å². The fraction of sp³-hybridized carbons (Fsp3) is 0.650. The first-order chi connectivity index (χ1) is 28.4. The van der Waals surface area contributed by atoms with Crippen LogP contribution in [-0.2, 0) is 35.2 Å². The van der Waals surface area contributed by atoms with Gasteiger partial charge in [-0.2, -0.15) is 0 Å². The van der Waals surface area contributed by atoms with Gasteiger partial charge >= 0.3 is 5.97 Å². The summed E-state index contributed by atoms with van der Waals surface area (Å²) < 4.78 is 0. The van der Waals surface area contributed by atoms with Crippen LogP contribution in [0.15, 0.2) is 34.3 Å². The monoisotopic (exact) mass is 845 g/mol. The summed E-state index contributed by atoms with van der Waals surface area (Å²) >= 11 is 0. The van der Waals surface area contributed by atoms with E-state index in [0.29, 0.717) is 63.1 Å². The molecule has 0 unspecified atom stereocenters. The van der Waals surface area contributed by atoms with Crippen molar-refractivity contribution in [1.82, 2.24) is 31.5 Å². The van der Waals surface area contributed by atoms with E-state index >= 15 is 0 Å². The smallest absolute Gasteiger partial charge is 0.326 e. The van der Waals surface area contributed by atoms with Gasteiger partial charge in [0, 0.05) is 32.6 Å². The molecule has 20 heteroatoms. The SMILES string of the molecule is CCNC(N)=NCCC[C@H](N)C(=O)NC(N)=NCCC[C@H](N)C(=O)N1CCC[C@H]1C(=O)N[C@@H](Cc1ccc(O)cc1)C(=O)N[C@H](C(=O)N[C@@H](CC(C)C)C(=O)O)[C@@H](C)CC. The number of nitrogens with zero attached hydrogens (tertiary/aromatic N) is 3. The van der Waals surface area contributed by atoms with Gasteiger partial charge in [-0.15, -0.1) is 0 Å². The Labute approximate surface area is 352 Å². The molecule has 0 aromatic heterocycles. The quantitative estimate of drug-likeness (QED) is 0.0343. The lowest BCUT2D eigenvalue weighted by Gasteiger charge is -2.30. The lowest BCUT2D eigenvalue weighted by Crippen LogP contribution is -2.59. The van der Waals surface area contributed by atoms with Crippen molar-refractivity contribution in [3.63, 3.8) is 0 Å². The minimum Gasteiger partial charge on any atom is -0.508 e. The number of phenolic OH excluding ortho intramolecular Hbond substituents is 1. The topological polar surface area (TPSA) is 335 Å². The van der Waals surface area contributed by atoms with E-state index in [9.17, 15) is 39.0 Å². The van der Waals surface area contributed by atoms with E-state index in [-0.39, 0.29) is 50.0 Å². The Hall–Kier alpha value is -5.50. The standard InChI is InChI=1S/C40H68N12O8/c1-6-24(5)32(36(57)49-30(38(59)60)21-23(3)4)50-34(55)29(22-25-14-16-26(53)17-15-25)48-35(56)31-13-10-20-52(31)37(58)28(42)12-9-19-47-40(44)51-33(54)27(41)11-8-18-46-39(43)45-7-2/h14-17,23-24,27-32,53H,6-13,18-22,41-42H2,1-5H3,(H,48,56)(H,49,57)(H,50,55)(H,59,60)(H3,43,45,46)(H3,44,47,51,54)/t24-,27-,28-,29-,30-,31-,32-/m0/s1. The van der Waals surface area contributed by atoms with Crippen molar-refractivity contribution in [2.24, 2.45) is 44.8 Å². The van der Waals surface area contributed by atoms with Gasteiger partial charge < -0.3 is 59.3 Å². The van der Waals surface area contributed by atoms with Crippen molar-refractivity contribution in [2.75, 3.05) is 26.2 Å². The number of guanidine groups is 2. The van der Waals surface area contributed by atoms with Crippen molar-refractivity contribution in [3.05, 3.63) is 29.8 Å². The highest BCUT2D eigenvalue weighted by molar-refractivity contribution is 5.98. The van der Waals surface area contributed by atoms with E-state index in [0.717, 1.165) is 0 Å². The van der Waals surface area contributed by atoms with Crippen LogP contribution in [0, 0.1) is 11.8 Å². The van der Waals surface area contributed by atoms with Crippen LogP contribution in [0.3, 0.4) is 0 Å². The molecular weight excluding hydrogens is 777 g/mol. The number of aliphatic imine (C=N–C) groups is 2. The molecule has 1 fully saturated rings. The highest BCUT2D eigenvalue weighted by Gasteiger charge is 2.38. The van der Waals surface area contributed by atoms with Crippen LogP contribution in [-0.4, -0.2) is 125 Å². The lowest BCUT2D eigenvalue weighted by atomic mass is 9.96. The molecule has 0 saturated carbocycles. The van der Waals surface area contributed by atoms with Crippen LogP contribution in [0.5, 0.6) is 5.75 Å². The Morgan fingerprint density at radius 2 is 1.45 bits per heavy atom. The average Bonchev–Trinajstić information content (AvgIpc) is 3.70. The molecule has 0 aliphatic carbocycles. The molecule has 1 aliphatic heterocycles. The summed E-state index contributed by atoms with van der Waals surface area (Å²) in [6.07, 6.45) is 2.92. The average molecular weight is 845 g/mol. The fourth-order valence-electron chi connectivity index (χ4n) is 6.54. The number of likely N-dealkylation sites (tertiary alicyclic amines) is 1. The molecule has 1 aromatic carbocycles. The second kappa shape index (κ2) is 25.9. The van der Waals surface area contributed by atoms with Crippen LogP contribution >= 0.6 is 0 Å². The Bertz CT molecular complexity index is 1640. The minimum absolute atomic E-state index is 0.00515. The number of carboxylic acids is 1. The van der Waals surface area contributed by atoms with Gasteiger partial charge in [0.25, 0.3) is 0 Å². The summed E-state index contributed by atoms with van der Waals surface area (Å²) in [7, 11) is 0. The molecule has 7 atom stereocenters. The van der Waals surface area contributed by atoms with E-state index in [1.807, 2.05) is 27.7 Å². The summed E-state index contributed by atoms with van der Waals surface area (Å²) in [6, 6.07) is -0.145. The van der Waals surface area contributed by atoms with E-state index < -0.39 is 77.7 Å². The molecule has 1 heterocycles. The van der Waals surface area contributed by atoms with Gasteiger partial charge in [0.2, 0.25) is 29.5 Å². The first kappa shape index (κ1) is 50.6. The summed E-state index contributed by atoms with van der Waals surface area (Å²) in [5.74, 6) is -4.31. The van der Waals surface area contributed by atoms with Gasteiger partial charge in [-0.1, -0.05) is 46.2 Å². The van der Waals surface area contributed by atoms with Crippen molar-refractivity contribution in [3.8, 4) is 5.75 Å². The highest BCUT2D eigenvalue weighted by atomic mass is 16.4. The zero-order chi connectivity index (χ0) is 44.9. The number of nitrogens with one attached hydrogen (secondary N) is 5. The van der Waals surface area contributed by atoms with E-state index in [1.54, 1.807) is 19.1 Å². The number of rotatable bonds is 24. The molecule has 20 nitrogen and oxygen atoms in total. The predicted molar refractivity (Wildman–Crippen MR) is 228 cm³/mol. The molecular formula is C40H68N12O8. The normalized spacial score (nSPS) is 17.5. The molecule has 1 saturated heterocycles. The zero-order valence-corrected chi connectivity index (χ0v) is 35.6. The summed E-state index contributed by atoms with van der Waals surface area (Å²) in [5, 5.41) is 33.0. The summed E-state index contributed by atoms with van der Waals surface area (Å²) in [5.41, 5.74) is 24.4. The van der Waals surface area contributed by atoms with Crippen LogP contribution in [0.4, 0.5) is 0 Å². The van der Waals surface area contributed by atoms with Crippen LogP contribution < -0.4 is 49.5 Å². The lowest BCUT2D eigenvalue weighted by molar-refractivity contribution is -0.143. The third-order valence-corrected chi connectivity index (χ3v) is 10.1. The number of carboxylic acid groups (broad SMARTS) is 1. The number of phenols is 1. The largest absolute Gasteiger partial charge is 0.508 e. The van der Waals surface area contributed by atoms with Gasteiger partial charge in [-0.3, -0.25) is 39.3 Å². The predicted octanol–water partition coefficient (Wildman–Crippen LogP) is -0.873. The summed E-state index contributed by atoms with van der Waals surface area (Å²) in [6.45, 7) is 10.6. The van der Waals surface area contributed by atoms with Gasteiger partial charge in [0.05, 0.1) is 12.1 Å². The van der Waals surface area contributed by atoms with Crippen LogP contribution in [0.2, 0.25) is 0 Å². The number of amides is 5. The molecule has 0 radical (unpaired) electrons. The minimum atomic E-state index is -1.21. The number of aliphatic carboxylic acids is 1. The van der Waals surface area contributed by atoms with Gasteiger partial charge in [-0.25, -0.2) is 4.79 Å². The number of hydrogen-bond acceptors (Lipinski definition) is 11. The van der Waals surface area contributed by atoms with Gasteiger partial charge in [0.1, 0.15) is 29.9 Å². The van der Waals surface area contributed by atoms with Crippen molar-refractivity contribution in [2.45, 2.75) is 129 Å². The first-order valence-corrected chi connectivity index (χ1v) is 20.8. The van der Waals surface area contributed by atoms with E-state index in [4.69, 9.17) is 22.9 Å².